The summed E-state index contributed by atoms with van der Waals surface area (Å²) in [5, 5.41) is 3.31. The van der Waals surface area contributed by atoms with E-state index in [0.29, 0.717) is 17.9 Å². The topological polar surface area (TPSA) is 21.3 Å². The Morgan fingerprint density at radius 2 is 1.76 bits per heavy atom. The van der Waals surface area contributed by atoms with E-state index in [1.54, 1.807) is 19.1 Å². The maximum absolute atomic E-state index is 13.2. The van der Waals surface area contributed by atoms with Crippen LogP contribution in [0.4, 0.5) is 4.39 Å². The smallest absolute Gasteiger partial charge is 0.126 e. The fourth-order valence-electron chi connectivity index (χ4n) is 2.09. The van der Waals surface area contributed by atoms with Crippen LogP contribution in [0.25, 0.3) is 0 Å². The molecule has 2 aromatic rings. The van der Waals surface area contributed by atoms with Crippen LogP contribution in [-0.4, -0.2) is 13.1 Å². The summed E-state index contributed by atoms with van der Waals surface area (Å²) in [5.41, 5.74) is 3.03. The van der Waals surface area contributed by atoms with Crippen LogP contribution in [0, 0.1) is 12.7 Å². The standard InChI is InChI=1S/C18H22FNO/c1-3-20-11-10-15-4-6-16(7-5-15)13-21-17-8-9-18(19)14(2)12-17/h4-9,12,20H,3,10-11,13H2,1-2H3. The molecule has 3 heteroatoms. The van der Waals surface area contributed by atoms with Gasteiger partial charge in [0.2, 0.25) is 0 Å². The molecule has 0 aromatic heterocycles. The zero-order valence-electron chi connectivity index (χ0n) is 12.7. The summed E-state index contributed by atoms with van der Waals surface area (Å²) < 4.78 is 18.9. The van der Waals surface area contributed by atoms with Gasteiger partial charge in [-0.25, -0.2) is 4.39 Å². The van der Waals surface area contributed by atoms with Gasteiger partial charge in [-0.1, -0.05) is 31.2 Å². The van der Waals surface area contributed by atoms with Crippen molar-refractivity contribution >= 4 is 0 Å². The molecule has 2 rings (SSSR count). The Morgan fingerprint density at radius 1 is 1.05 bits per heavy atom. The Morgan fingerprint density at radius 3 is 2.43 bits per heavy atom. The summed E-state index contributed by atoms with van der Waals surface area (Å²) in [6, 6.07) is 13.2. The van der Waals surface area contributed by atoms with E-state index in [-0.39, 0.29) is 5.82 Å². The van der Waals surface area contributed by atoms with Crippen LogP contribution in [-0.2, 0) is 13.0 Å². The first-order valence-corrected chi connectivity index (χ1v) is 7.36. The van der Waals surface area contributed by atoms with Crippen LogP contribution in [0.15, 0.2) is 42.5 Å². The van der Waals surface area contributed by atoms with Gasteiger partial charge < -0.3 is 10.1 Å². The highest BCUT2D eigenvalue weighted by molar-refractivity contribution is 5.29. The molecule has 21 heavy (non-hydrogen) atoms. The van der Waals surface area contributed by atoms with Crippen molar-refractivity contribution in [1.29, 1.82) is 0 Å². The Bertz CT molecular complexity index is 566. The molecule has 0 unspecified atom stereocenters. The Labute approximate surface area is 126 Å². The largest absolute Gasteiger partial charge is 0.489 e. The van der Waals surface area contributed by atoms with E-state index < -0.39 is 0 Å². The van der Waals surface area contributed by atoms with E-state index in [0.717, 1.165) is 25.1 Å². The number of hydrogen-bond acceptors (Lipinski definition) is 2. The third-order valence-corrected chi connectivity index (χ3v) is 3.40. The average molecular weight is 287 g/mol. The zero-order valence-corrected chi connectivity index (χ0v) is 12.7. The minimum atomic E-state index is -0.201. The summed E-state index contributed by atoms with van der Waals surface area (Å²) in [6.07, 6.45) is 1.03. The molecule has 2 aromatic carbocycles. The van der Waals surface area contributed by atoms with Gasteiger partial charge in [-0.05, 0) is 61.3 Å². The molecule has 0 heterocycles. The van der Waals surface area contributed by atoms with E-state index in [9.17, 15) is 4.39 Å². The van der Waals surface area contributed by atoms with Crippen molar-refractivity contribution in [2.24, 2.45) is 0 Å². The number of nitrogens with one attached hydrogen (secondary N) is 1. The van der Waals surface area contributed by atoms with Gasteiger partial charge in [-0.15, -0.1) is 0 Å². The molecule has 2 nitrogen and oxygen atoms in total. The molecule has 0 spiro atoms. The molecule has 1 N–H and O–H groups in total. The molecule has 0 aliphatic rings. The Kier molecular flexibility index (Phi) is 5.76. The fourth-order valence-corrected chi connectivity index (χ4v) is 2.09. The number of ether oxygens (including phenoxy) is 1. The van der Waals surface area contributed by atoms with Gasteiger partial charge in [0.25, 0.3) is 0 Å². The highest BCUT2D eigenvalue weighted by atomic mass is 19.1. The first-order chi connectivity index (χ1) is 10.2. The Balaban J connectivity index is 1.86. The average Bonchev–Trinajstić information content (AvgIpc) is 2.50. The number of likely N-dealkylation sites (N-methyl/N-ethyl adjacent to an activating group) is 1. The van der Waals surface area contributed by atoms with E-state index in [1.165, 1.54) is 11.6 Å². The summed E-state index contributed by atoms with van der Waals surface area (Å²) in [4.78, 5) is 0. The SMILES string of the molecule is CCNCCc1ccc(COc2ccc(F)c(C)c2)cc1. The summed E-state index contributed by atoms with van der Waals surface area (Å²) in [5.74, 6) is 0.498. The van der Waals surface area contributed by atoms with Crippen LogP contribution < -0.4 is 10.1 Å². The van der Waals surface area contributed by atoms with Crippen LogP contribution in [0.1, 0.15) is 23.6 Å². The van der Waals surface area contributed by atoms with Gasteiger partial charge in [0.05, 0.1) is 0 Å². The van der Waals surface area contributed by atoms with Gasteiger partial charge in [0.1, 0.15) is 18.2 Å². The summed E-state index contributed by atoms with van der Waals surface area (Å²) >= 11 is 0. The molecular formula is C18H22FNO. The second kappa shape index (κ2) is 7.79. The van der Waals surface area contributed by atoms with Crippen molar-refractivity contribution in [3.63, 3.8) is 0 Å². The molecule has 0 saturated heterocycles. The predicted molar refractivity (Wildman–Crippen MR) is 84.2 cm³/mol. The normalized spacial score (nSPS) is 10.6. The lowest BCUT2D eigenvalue weighted by Crippen LogP contribution is -2.15. The molecule has 0 bridgehead atoms. The Hall–Kier alpha value is -1.87. The summed E-state index contributed by atoms with van der Waals surface area (Å²) in [6.45, 7) is 6.35. The minimum absolute atomic E-state index is 0.201. The van der Waals surface area contributed by atoms with Crippen LogP contribution >= 0.6 is 0 Å². The van der Waals surface area contributed by atoms with Gasteiger partial charge in [0.15, 0.2) is 0 Å². The maximum Gasteiger partial charge on any atom is 0.126 e. The molecule has 112 valence electrons. The minimum Gasteiger partial charge on any atom is -0.489 e. The summed E-state index contributed by atoms with van der Waals surface area (Å²) in [7, 11) is 0. The van der Waals surface area contributed by atoms with Crippen LogP contribution in [0.2, 0.25) is 0 Å². The molecule has 0 saturated carbocycles. The third kappa shape index (κ3) is 4.87. The quantitative estimate of drug-likeness (QED) is 0.781. The van der Waals surface area contributed by atoms with Crippen molar-refractivity contribution in [1.82, 2.24) is 5.32 Å². The van der Waals surface area contributed by atoms with Crippen molar-refractivity contribution in [2.75, 3.05) is 13.1 Å². The highest BCUT2D eigenvalue weighted by Crippen LogP contribution is 2.17. The number of hydrogen-bond donors (Lipinski definition) is 1. The molecule has 0 radical (unpaired) electrons. The highest BCUT2D eigenvalue weighted by Gasteiger charge is 2.01. The number of aryl methyl sites for hydroxylation is 1. The number of halogens is 1. The van der Waals surface area contributed by atoms with Gasteiger partial charge in [0, 0.05) is 0 Å². The lowest BCUT2D eigenvalue weighted by atomic mass is 10.1. The first kappa shape index (κ1) is 15.5. The van der Waals surface area contributed by atoms with E-state index in [2.05, 4.69) is 36.5 Å². The van der Waals surface area contributed by atoms with Crippen LogP contribution in [0.3, 0.4) is 0 Å². The third-order valence-electron chi connectivity index (χ3n) is 3.40. The lowest BCUT2D eigenvalue weighted by molar-refractivity contribution is 0.305. The van der Waals surface area contributed by atoms with Crippen molar-refractivity contribution in [3.8, 4) is 5.75 Å². The second-order valence-electron chi connectivity index (χ2n) is 5.12. The molecule has 0 fully saturated rings. The molecule has 0 aliphatic heterocycles. The number of rotatable bonds is 7. The predicted octanol–water partition coefficient (Wildman–Crippen LogP) is 3.87. The van der Waals surface area contributed by atoms with Crippen molar-refractivity contribution in [3.05, 3.63) is 65.0 Å². The maximum atomic E-state index is 13.2. The monoisotopic (exact) mass is 287 g/mol. The fraction of sp³-hybridized carbons (Fsp3) is 0.333. The van der Waals surface area contributed by atoms with Gasteiger partial charge in [-0.3, -0.25) is 0 Å². The van der Waals surface area contributed by atoms with Crippen LogP contribution in [0.5, 0.6) is 5.75 Å². The lowest BCUT2D eigenvalue weighted by Gasteiger charge is -2.08. The molecule has 0 aliphatic carbocycles. The second-order valence-corrected chi connectivity index (χ2v) is 5.12. The number of benzene rings is 2. The molecule has 0 amide bonds. The molecule has 0 atom stereocenters. The van der Waals surface area contributed by atoms with Gasteiger partial charge >= 0.3 is 0 Å². The van der Waals surface area contributed by atoms with E-state index in [1.807, 2.05) is 0 Å². The van der Waals surface area contributed by atoms with Crippen molar-refractivity contribution < 1.29 is 9.13 Å². The van der Waals surface area contributed by atoms with Crippen molar-refractivity contribution in [2.45, 2.75) is 26.9 Å². The van der Waals surface area contributed by atoms with Gasteiger partial charge in [-0.2, -0.15) is 0 Å². The molecular weight excluding hydrogens is 265 g/mol. The van der Waals surface area contributed by atoms with E-state index in [4.69, 9.17) is 4.74 Å². The van der Waals surface area contributed by atoms with E-state index >= 15 is 0 Å². The zero-order chi connectivity index (χ0) is 15.1. The first-order valence-electron chi connectivity index (χ1n) is 7.36.